The van der Waals surface area contributed by atoms with Crippen molar-refractivity contribution < 1.29 is 9.22 Å². The van der Waals surface area contributed by atoms with Gasteiger partial charge in [-0.1, -0.05) is 37.2 Å². The van der Waals surface area contributed by atoms with Crippen molar-refractivity contribution in [3.05, 3.63) is 11.6 Å². The third kappa shape index (κ3) is 4.26. The molecule has 3 atom stereocenters. The molecule has 0 bridgehead atoms. The second-order valence-corrected chi connectivity index (χ2v) is 18.5. The Bertz CT molecular complexity index is 569. The minimum Gasteiger partial charge on any atom is -0.409 e. The third-order valence-corrected chi connectivity index (χ3v) is 6.48. The molecule has 2 rings (SSSR count). The largest absolute Gasteiger partial charge is 0.409 e. The molecule has 23 heavy (non-hydrogen) atoms. The van der Waals surface area contributed by atoms with Gasteiger partial charge >= 0.3 is 0 Å². The van der Waals surface area contributed by atoms with Gasteiger partial charge in [0.05, 0.1) is 6.10 Å². The Hall–Kier alpha value is -0.636. The van der Waals surface area contributed by atoms with Gasteiger partial charge in [0, 0.05) is 6.42 Å². The first-order chi connectivity index (χ1) is 10.4. The number of fused-ring (bicyclic) bond motifs is 1. The van der Waals surface area contributed by atoms with Gasteiger partial charge in [-0.25, -0.2) is 0 Å². The molecular formula is C19H32O2Si2. The molecule has 2 nitrogen and oxygen atoms in total. The molecule has 2 aliphatic rings. The van der Waals surface area contributed by atoms with Gasteiger partial charge in [0.1, 0.15) is 13.5 Å². The number of hydrogen-bond donors (Lipinski definition) is 0. The molecule has 0 N–H and O–H groups in total. The van der Waals surface area contributed by atoms with E-state index in [4.69, 9.17) is 4.43 Å². The minimum absolute atomic E-state index is 0.149. The number of carbonyl (C=O) groups excluding carboxylic acids is 1. The molecule has 0 amide bonds. The number of ketones is 1. The fraction of sp³-hybridized carbons (Fsp3) is 0.737. The minimum atomic E-state index is -1.76. The van der Waals surface area contributed by atoms with Crippen LogP contribution < -0.4 is 0 Å². The summed E-state index contributed by atoms with van der Waals surface area (Å²) in [5, 5.41) is 0. The summed E-state index contributed by atoms with van der Waals surface area (Å²) in [7, 11) is -3.29. The first kappa shape index (κ1) is 18.7. The Morgan fingerprint density at radius 2 is 1.87 bits per heavy atom. The maximum Gasteiger partial charge on any atom is 0.184 e. The van der Waals surface area contributed by atoms with Crippen LogP contribution in [0.4, 0.5) is 0 Å². The van der Waals surface area contributed by atoms with Gasteiger partial charge in [0.25, 0.3) is 0 Å². The molecule has 0 unspecified atom stereocenters. The van der Waals surface area contributed by atoms with Gasteiger partial charge < -0.3 is 4.43 Å². The highest BCUT2D eigenvalue weighted by Crippen LogP contribution is 2.49. The second kappa shape index (κ2) is 6.35. The summed E-state index contributed by atoms with van der Waals surface area (Å²) in [5.41, 5.74) is 4.29. The molecule has 0 aromatic rings. The van der Waals surface area contributed by atoms with E-state index in [1.54, 1.807) is 0 Å². The summed E-state index contributed by atoms with van der Waals surface area (Å²) in [5.74, 6) is 4.19. The van der Waals surface area contributed by atoms with Crippen LogP contribution in [0.25, 0.3) is 0 Å². The highest BCUT2D eigenvalue weighted by molar-refractivity contribution is 6.83. The Balaban J connectivity index is 2.56. The number of allylic oxidation sites excluding steroid dienone is 1. The molecule has 128 valence electrons. The molecule has 0 heterocycles. The molecule has 1 saturated carbocycles. The van der Waals surface area contributed by atoms with Crippen molar-refractivity contribution in [3.8, 4) is 11.5 Å². The predicted octanol–water partition coefficient (Wildman–Crippen LogP) is 4.79. The van der Waals surface area contributed by atoms with Crippen molar-refractivity contribution in [1.29, 1.82) is 0 Å². The quantitative estimate of drug-likeness (QED) is 0.407. The van der Waals surface area contributed by atoms with E-state index in [0.717, 1.165) is 19.3 Å². The van der Waals surface area contributed by atoms with E-state index in [9.17, 15) is 4.79 Å². The van der Waals surface area contributed by atoms with E-state index in [0.29, 0.717) is 18.1 Å². The maximum atomic E-state index is 13.1. The highest BCUT2D eigenvalue weighted by atomic mass is 28.4. The van der Waals surface area contributed by atoms with E-state index < -0.39 is 21.8 Å². The molecule has 0 aromatic carbocycles. The molecule has 0 aliphatic heterocycles. The summed E-state index contributed by atoms with van der Waals surface area (Å²) < 4.78 is 6.51. The highest BCUT2D eigenvalue weighted by Gasteiger charge is 2.54. The number of Topliss-reactive ketones (excluding diaryl/α,β-unsaturated/α-hetero) is 1. The molecule has 0 spiro atoms. The zero-order valence-electron chi connectivity index (χ0n) is 15.9. The van der Waals surface area contributed by atoms with Gasteiger partial charge in [0.15, 0.2) is 14.1 Å². The lowest BCUT2D eigenvalue weighted by Gasteiger charge is -2.48. The predicted molar refractivity (Wildman–Crippen MR) is 102 cm³/mol. The molecular weight excluding hydrogens is 316 g/mol. The van der Waals surface area contributed by atoms with Crippen LogP contribution in [0.2, 0.25) is 39.3 Å². The second-order valence-electron chi connectivity index (χ2n) is 9.25. The first-order valence-electron chi connectivity index (χ1n) is 8.87. The number of hydrogen-bond acceptors (Lipinski definition) is 2. The van der Waals surface area contributed by atoms with Gasteiger partial charge in [0.2, 0.25) is 0 Å². The SMILES string of the molecule is CC1=C[C@H](O[Si](C)(C)C)[C@]2(C#C[Si](C)(C)C)C(=O)CCC[C@@H]2C1. The summed E-state index contributed by atoms with van der Waals surface area (Å²) in [4.78, 5) is 13.1. The van der Waals surface area contributed by atoms with Crippen molar-refractivity contribution in [2.24, 2.45) is 11.3 Å². The van der Waals surface area contributed by atoms with Gasteiger partial charge in [-0.2, -0.15) is 0 Å². The summed E-state index contributed by atoms with van der Waals surface area (Å²) in [6, 6.07) is 0. The lowest BCUT2D eigenvalue weighted by molar-refractivity contribution is -0.136. The Kier molecular flexibility index (Phi) is 5.16. The third-order valence-electron chi connectivity index (χ3n) is 4.64. The molecule has 0 radical (unpaired) electrons. The first-order valence-corrected chi connectivity index (χ1v) is 15.8. The van der Waals surface area contributed by atoms with Crippen molar-refractivity contribution in [2.75, 3.05) is 0 Å². The van der Waals surface area contributed by atoms with Crippen LogP contribution >= 0.6 is 0 Å². The van der Waals surface area contributed by atoms with E-state index in [-0.39, 0.29) is 6.10 Å². The molecule has 0 saturated heterocycles. The van der Waals surface area contributed by atoms with Crippen LogP contribution in [0, 0.1) is 22.8 Å². The van der Waals surface area contributed by atoms with Gasteiger partial charge in [-0.15, -0.1) is 5.54 Å². The lowest BCUT2D eigenvalue weighted by atomic mass is 9.58. The number of carbonyl (C=O) groups is 1. The molecule has 0 aromatic heterocycles. The van der Waals surface area contributed by atoms with Crippen molar-refractivity contribution in [2.45, 2.75) is 78.0 Å². The molecule has 2 aliphatic carbocycles. The van der Waals surface area contributed by atoms with E-state index in [2.05, 4.69) is 63.7 Å². The van der Waals surface area contributed by atoms with Crippen molar-refractivity contribution in [1.82, 2.24) is 0 Å². The summed E-state index contributed by atoms with van der Waals surface area (Å²) in [6.07, 6.45) is 5.82. The van der Waals surface area contributed by atoms with Crippen molar-refractivity contribution >= 4 is 22.2 Å². The average Bonchev–Trinajstić information content (AvgIpc) is 2.34. The van der Waals surface area contributed by atoms with Gasteiger partial charge in [-0.3, -0.25) is 4.79 Å². The van der Waals surface area contributed by atoms with Crippen LogP contribution in [0.15, 0.2) is 11.6 Å². The summed E-state index contributed by atoms with van der Waals surface area (Å²) >= 11 is 0. The Labute approximate surface area is 144 Å². The zero-order chi connectivity index (χ0) is 17.5. The smallest absolute Gasteiger partial charge is 0.184 e. The molecule has 4 heteroatoms. The molecule has 1 fully saturated rings. The van der Waals surface area contributed by atoms with Crippen LogP contribution in [0.3, 0.4) is 0 Å². The van der Waals surface area contributed by atoms with E-state index in [1.807, 2.05) is 0 Å². The monoisotopic (exact) mass is 348 g/mol. The van der Waals surface area contributed by atoms with Crippen LogP contribution in [-0.4, -0.2) is 28.3 Å². The fourth-order valence-electron chi connectivity index (χ4n) is 3.71. The van der Waals surface area contributed by atoms with Crippen molar-refractivity contribution in [3.63, 3.8) is 0 Å². The lowest BCUT2D eigenvalue weighted by Crippen LogP contribution is -2.54. The number of rotatable bonds is 2. The normalized spacial score (nSPS) is 31.8. The van der Waals surface area contributed by atoms with Crippen LogP contribution in [-0.2, 0) is 9.22 Å². The van der Waals surface area contributed by atoms with Gasteiger partial charge in [-0.05, 0) is 51.7 Å². The zero-order valence-corrected chi connectivity index (χ0v) is 17.9. The topological polar surface area (TPSA) is 26.3 Å². The maximum absolute atomic E-state index is 13.1. The fourth-order valence-corrected chi connectivity index (χ4v) is 5.31. The summed E-state index contributed by atoms with van der Waals surface area (Å²) in [6.45, 7) is 15.5. The van der Waals surface area contributed by atoms with Crippen LogP contribution in [0.1, 0.15) is 32.6 Å². The van der Waals surface area contributed by atoms with E-state index >= 15 is 0 Å². The average molecular weight is 349 g/mol. The Morgan fingerprint density at radius 3 is 2.43 bits per heavy atom. The standard InChI is InChI=1S/C19H32O2Si2/c1-15-13-16-9-8-10-17(20)19(16,11-12-22(2,3)4)18(14-15)21-23(5,6)7/h14,16,18H,8-10,13H2,1-7H3/t16-,18+,19+/m1/s1. The van der Waals surface area contributed by atoms with E-state index in [1.165, 1.54) is 5.57 Å². The van der Waals surface area contributed by atoms with Crippen LogP contribution in [0.5, 0.6) is 0 Å². The Morgan fingerprint density at radius 1 is 1.22 bits per heavy atom.